The summed E-state index contributed by atoms with van der Waals surface area (Å²) in [5.74, 6) is -0.135. The minimum atomic E-state index is -0.487. The standard InChI is InChI=1S/C10H10N2O4/c13-4-3-11-9-2-1-8(12(15)16)5-7(9)6-10(11)14/h1-2,5,13H,3-4,6H2. The molecule has 0 spiro atoms. The van der Waals surface area contributed by atoms with Gasteiger partial charge in [0, 0.05) is 24.4 Å². The minimum Gasteiger partial charge on any atom is -0.395 e. The monoisotopic (exact) mass is 222 g/mol. The van der Waals surface area contributed by atoms with Gasteiger partial charge in [-0.3, -0.25) is 14.9 Å². The topological polar surface area (TPSA) is 83.7 Å². The molecule has 0 unspecified atom stereocenters. The van der Waals surface area contributed by atoms with Gasteiger partial charge in [0.15, 0.2) is 0 Å². The molecule has 1 aromatic carbocycles. The fourth-order valence-corrected chi connectivity index (χ4v) is 1.83. The number of carbonyl (C=O) groups is 1. The van der Waals surface area contributed by atoms with E-state index in [-0.39, 0.29) is 31.2 Å². The van der Waals surface area contributed by atoms with Crippen molar-refractivity contribution in [2.75, 3.05) is 18.1 Å². The number of fused-ring (bicyclic) bond motifs is 1. The van der Waals surface area contributed by atoms with Crippen molar-refractivity contribution < 1.29 is 14.8 Å². The molecule has 1 heterocycles. The first-order valence-corrected chi connectivity index (χ1v) is 4.82. The van der Waals surface area contributed by atoms with Crippen molar-refractivity contribution in [1.82, 2.24) is 0 Å². The molecule has 1 N–H and O–H groups in total. The van der Waals surface area contributed by atoms with Crippen molar-refractivity contribution >= 4 is 17.3 Å². The lowest BCUT2D eigenvalue weighted by atomic mass is 10.1. The maximum Gasteiger partial charge on any atom is 0.269 e. The van der Waals surface area contributed by atoms with Crippen LogP contribution in [0.4, 0.5) is 11.4 Å². The van der Waals surface area contributed by atoms with Crippen LogP contribution in [-0.2, 0) is 11.2 Å². The highest BCUT2D eigenvalue weighted by molar-refractivity contribution is 6.01. The molecule has 1 amide bonds. The van der Waals surface area contributed by atoms with E-state index in [0.29, 0.717) is 11.3 Å². The predicted molar refractivity (Wildman–Crippen MR) is 56.2 cm³/mol. The van der Waals surface area contributed by atoms with E-state index >= 15 is 0 Å². The summed E-state index contributed by atoms with van der Waals surface area (Å²) in [5.41, 5.74) is 1.29. The van der Waals surface area contributed by atoms with Crippen LogP contribution in [0, 0.1) is 10.1 Å². The lowest BCUT2D eigenvalue weighted by molar-refractivity contribution is -0.384. The minimum absolute atomic E-state index is 0.0163. The fraction of sp³-hybridized carbons (Fsp3) is 0.300. The number of β-amino-alcohol motifs (C(OH)–C–C–N with tert-alkyl or cyclic N) is 1. The molecule has 2 rings (SSSR count). The van der Waals surface area contributed by atoms with Crippen molar-refractivity contribution in [2.45, 2.75) is 6.42 Å². The molecule has 0 fully saturated rings. The number of non-ortho nitro benzene ring substituents is 1. The van der Waals surface area contributed by atoms with Gasteiger partial charge in [-0.1, -0.05) is 0 Å². The number of aliphatic hydroxyl groups excluding tert-OH is 1. The Bertz CT molecular complexity index is 458. The molecule has 6 nitrogen and oxygen atoms in total. The van der Waals surface area contributed by atoms with Crippen LogP contribution in [-0.4, -0.2) is 29.1 Å². The molecule has 0 radical (unpaired) electrons. The highest BCUT2D eigenvalue weighted by Crippen LogP contribution is 2.31. The van der Waals surface area contributed by atoms with Gasteiger partial charge in [0.1, 0.15) is 0 Å². The van der Waals surface area contributed by atoms with Crippen LogP contribution < -0.4 is 4.90 Å². The SMILES string of the molecule is O=C1Cc2cc([N+](=O)[O-])ccc2N1CCO. The Balaban J connectivity index is 2.38. The third-order valence-corrected chi connectivity index (χ3v) is 2.53. The molecule has 0 saturated carbocycles. The predicted octanol–water partition coefficient (Wildman–Crippen LogP) is 0.476. The number of rotatable bonds is 3. The van der Waals surface area contributed by atoms with Gasteiger partial charge in [0.2, 0.25) is 5.91 Å². The molecule has 16 heavy (non-hydrogen) atoms. The molecule has 0 aromatic heterocycles. The van der Waals surface area contributed by atoms with Gasteiger partial charge in [0.25, 0.3) is 5.69 Å². The van der Waals surface area contributed by atoms with Gasteiger partial charge >= 0.3 is 0 Å². The number of aliphatic hydroxyl groups is 1. The van der Waals surface area contributed by atoms with Gasteiger partial charge in [0.05, 0.1) is 18.0 Å². The van der Waals surface area contributed by atoms with E-state index in [1.54, 1.807) is 6.07 Å². The van der Waals surface area contributed by atoms with Crippen LogP contribution in [0.25, 0.3) is 0 Å². The fourth-order valence-electron chi connectivity index (χ4n) is 1.83. The van der Waals surface area contributed by atoms with Crippen LogP contribution in [0.2, 0.25) is 0 Å². The lowest BCUT2D eigenvalue weighted by Gasteiger charge is -2.15. The summed E-state index contributed by atoms with van der Waals surface area (Å²) in [6, 6.07) is 4.32. The summed E-state index contributed by atoms with van der Waals surface area (Å²) in [5, 5.41) is 19.4. The Morgan fingerprint density at radius 2 is 2.25 bits per heavy atom. The van der Waals surface area contributed by atoms with Crippen LogP contribution in [0.5, 0.6) is 0 Å². The van der Waals surface area contributed by atoms with Gasteiger partial charge < -0.3 is 10.0 Å². The summed E-state index contributed by atoms with van der Waals surface area (Å²) in [6.07, 6.45) is 0.164. The van der Waals surface area contributed by atoms with Gasteiger partial charge in [-0.25, -0.2) is 0 Å². The van der Waals surface area contributed by atoms with Crippen molar-refractivity contribution in [3.63, 3.8) is 0 Å². The molecular formula is C10H10N2O4. The van der Waals surface area contributed by atoms with Gasteiger partial charge in [-0.15, -0.1) is 0 Å². The van der Waals surface area contributed by atoms with E-state index in [0.717, 1.165) is 0 Å². The van der Waals surface area contributed by atoms with Crippen molar-refractivity contribution in [3.05, 3.63) is 33.9 Å². The van der Waals surface area contributed by atoms with Crippen molar-refractivity contribution in [1.29, 1.82) is 0 Å². The van der Waals surface area contributed by atoms with Gasteiger partial charge in [-0.05, 0) is 11.6 Å². The Hall–Kier alpha value is -1.95. The first kappa shape index (κ1) is 10.6. The normalized spacial score (nSPS) is 14.1. The Labute approximate surface area is 91.3 Å². The zero-order chi connectivity index (χ0) is 11.7. The number of hydrogen-bond donors (Lipinski definition) is 1. The highest BCUT2D eigenvalue weighted by Gasteiger charge is 2.28. The highest BCUT2D eigenvalue weighted by atomic mass is 16.6. The molecule has 0 bridgehead atoms. The van der Waals surface area contributed by atoms with Crippen LogP contribution in [0.1, 0.15) is 5.56 Å². The molecule has 1 aliphatic heterocycles. The second kappa shape index (κ2) is 3.90. The first-order valence-electron chi connectivity index (χ1n) is 4.82. The van der Waals surface area contributed by atoms with Gasteiger partial charge in [-0.2, -0.15) is 0 Å². The van der Waals surface area contributed by atoms with E-state index in [1.807, 2.05) is 0 Å². The maximum absolute atomic E-state index is 11.5. The zero-order valence-corrected chi connectivity index (χ0v) is 8.42. The number of anilines is 1. The van der Waals surface area contributed by atoms with Crippen molar-refractivity contribution in [3.8, 4) is 0 Å². The molecule has 6 heteroatoms. The number of nitro benzene ring substituents is 1. The first-order chi connectivity index (χ1) is 7.63. The average Bonchev–Trinajstić information content (AvgIpc) is 2.55. The molecule has 0 aliphatic carbocycles. The van der Waals surface area contributed by atoms with Crippen LogP contribution >= 0.6 is 0 Å². The van der Waals surface area contributed by atoms with Crippen LogP contribution in [0.3, 0.4) is 0 Å². The number of benzene rings is 1. The number of carbonyl (C=O) groups excluding carboxylic acids is 1. The van der Waals surface area contributed by atoms with E-state index in [4.69, 9.17) is 5.11 Å². The zero-order valence-electron chi connectivity index (χ0n) is 8.42. The molecule has 84 valence electrons. The second-order valence-corrected chi connectivity index (χ2v) is 3.52. The average molecular weight is 222 g/mol. The van der Waals surface area contributed by atoms with E-state index < -0.39 is 4.92 Å². The number of nitro groups is 1. The molecule has 0 atom stereocenters. The number of nitrogens with zero attached hydrogens (tertiary/aromatic N) is 2. The summed E-state index contributed by atoms with van der Waals surface area (Å²) < 4.78 is 0. The smallest absolute Gasteiger partial charge is 0.269 e. The summed E-state index contributed by atoms with van der Waals surface area (Å²) in [6.45, 7) is 0.103. The Morgan fingerprint density at radius 1 is 1.50 bits per heavy atom. The van der Waals surface area contributed by atoms with E-state index in [9.17, 15) is 14.9 Å². The lowest BCUT2D eigenvalue weighted by Crippen LogP contribution is -2.29. The Kier molecular flexibility index (Phi) is 2.57. The van der Waals surface area contributed by atoms with E-state index in [1.165, 1.54) is 17.0 Å². The Morgan fingerprint density at radius 3 is 2.88 bits per heavy atom. The summed E-state index contributed by atoms with van der Waals surface area (Å²) >= 11 is 0. The quantitative estimate of drug-likeness (QED) is 0.595. The molecule has 0 saturated heterocycles. The third-order valence-electron chi connectivity index (χ3n) is 2.53. The third kappa shape index (κ3) is 1.63. The van der Waals surface area contributed by atoms with Crippen LogP contribution in [0.15, 0.2) is 18.2 Å². The summed E-state index contributed by atoms with van der Waals surface area (Å²) in [7, 11) is 0. The van der Waals surface area contributed by atoms with E-state index in [2.05, 4.69) is 0 Å². The number of amides is 1. The molecular weight excluding hydrogens is 212 g/mol. The molecule has 1 aliphatic rings. The largest absolute Gasteiger partial charge is 0.395 e. The summed E-state index contributed by atoms with van der Waals surface area (Å²) in [4.78, 5) is 23.1. The maximum atomic E-state index is 11.5. The van der Waals surface area contributed by atoms with Crippen molar-refractivity contribution in [2.24, 2.45) is 0 Å². The second-order valence-electron chi connectivity index (χ2n) is 3.52. The molecule has 1 aromatic rings. The number of hydrogen-bond acceptors (Lipinski definition) is 4.